The van der Waals surface area contributed by atoms with Gasteiger partial charge in [-0.25, -0.2) is 4.99 Å². The number of aliphatic imine (C=N–C) groups is 1. The van der Waals surface area contributed by atoms with Crippen LogP contribution in [0.5, 0.6) is 0 Å². The van der Waals surface area contributed by atoms with Gasteiger partial charge in [0.25, 0.3) is 5.91 Å². The molecule has 7 heteroatoms. The molecule has 4 nitrogen and oxygen atoms in total. The summed E-state index contributed by atoms with van der Waals surface area (Å²) in [4.78, 5) is 16.8. The second-order valence-electron chi connectivity index (χ2n) is 4.09. The number of rotatable bonds is 2. The summed E-state index contributed by atoms with van der Waals surface area (Å²) in [7, 11) is 0. The Morgan fingerprint density at radius 2 is 2.00 bits per heavy atom. The summed E-state index contributed by atoms with van der Waals surface area (Å²) in [5.41, 5.74) is 0.796. The zero-order valence-electron chi connectivity index (χ0n) is 10.5. The molecule has 1 aromatic heterocycles. The summed E-state index contributed by atoms with van der Waals surface area (Å²) in [6.45, 7) is 0. The molecule has 1 fully saturated rings. The van der Waals surface area contributed by atoms with Gasteiger partial charge in [0, 0.05) is 6.08 Å². The Morgan fingerprint density at radius 1 is 1.24 bits per heavy atom. The highest BCUT2D eigenvalue weighted by Gasteiger charge is 2.24. The molecule has 0 atom stereocenters. The third-order valence-corrected chi connectivity index (χ3v) is 5.20. The first-order valence-corrected chi connectivity index (χ1v) is 8.31. The lowest BCUT2D eigenvalue weighted by Gasteiger charge is -1.94. The van der Waals surface area contributed by atoms with Gasteiger partial charge < -0.3 is 9.73 Å². The van der Waals surface area contributed by atoms with Crippen molar-refractivity contribution >= 4 is 66.5 Å². The van der Waals surface area contributed by atoms with Crippen LogP contribution in [0.15, 0.2) is 59.9 Å². The predicted molar refractivity (Wildman–Crippen MR) is 91.4 cm³/mol. The number of carbonyl (C=O) groups is 1. The molecule has 21 heavy (non-hydrogen) atoms. The van der Waals surface area contributed by atoms with Crippen LogP contribution in [0.3, 0.4) is 0 Å². The number of nitrogens with zero attached hydrogens (tertiary/aromatic N) is 1. The van der Waals surface area contributed by atoms with Crippen LogP contribution in [0.1, 0.15) is 5.76 Å². The van der Waals surface area contributed by atoms with Crippen molar-refractivity contribution in [2.24, 2.45) is 4.99 Å². The minimum atomic E-state index is -0.182. The Morgan fingerprint density at radius 3 is 2.67 bits per heavy atom. The minimum Gasteiger partial charge on any atom is -0.449 e. The molecule has 1 amide bonds. The van der Waals surface area contributed by atoms with E-state index in [0.29, 0.717) is 20.5 Å². The molecule has 0 bridgehead atoms. The average Bonchev–Trinajstić information content (AvgIpc) is 2.95. The first-order chi connectivity index (χ1) is 10.1. The van der Waals surface area contributed by atoms with E-state index < -0.39 is 0 Å². The second kappa shape index (κ2) is 6.21. The summed E-state index contributed by atoms with van der Waals surface area (Å²) in [5.74, 6) is 0.408. The molecule has 2 aromatic rings. The lowest BCUT2D eigenvalue weighted by Crippen LogP contribution is -2.19. The SMILES string of the molecule is O=C1NC(=Nc2ccccc2)SC1=Cc1cc(Br)c(Br)o1. The number of para-hydroxylation sites is 1. The number of hydrogen-bond donors (Lipinski definition) is 1. The van der Waals surface area contributed by atoms with E-state index >= 15 is 0 Å². The summed E-state index contributed by atoms with van der Waals surface area (Å²) < 4.78 is 6.83. The van der Waals surface area contributed by atoms with Gasteiger partial charge >= 0.3 is 0 Å². The molecular weight excluding hydrogens is 420 g/mol. The van der Waals surface area contributed by atoms with E-state index in [1.54, 1.807) is 12.1 Å². The first-order valence-electron chi connectivity index (χ1n) is 5.91. The Kier molecular flexibility index (Phi) is 4.32. The van der Waals surface area contributed by atoms with Gasteiger partial charge in [-0.2, -0.15) is 0 Å². The molecule has 0 aliphatic carbocycles. The number of benzene rings is 1. The zero-order valence-corrected chi connectivity index (χ0v) is 14.5. The van der Waals surface area contributed by atoms with Crippen LogP contribution in [-0.4, -0.2) is 11.1 Å². The van der Waals surface area contributed by atoms with E-state index in [9.17, 15) is 4.79 Å². The van der Waals surface area contributed by atoms with Gasteiger partial charge in [-0.3, -0.25) is 4.79 Å². The number of carbonyl (C=O) groups excluding carboxylic acids is 1. The average molecular weight is 428 g/mol. The van der Waals surface area contributed by atoms with Gasteiger partial charge in [0.1, 0.15) is 5.76 Å². The summed E-state index contributed by atoms with van der Waals surface area (Å²) >= 11 is 7.88. The maximum atomic E-state index is 11.9. The van der Waals surface area contributed by atoms with E-state index in [-0.39, 0.29) is 5.91 Å². The van der Waals surface area contributed by atoms with Crippen molar-refractivity contribution in [3.05, 3.63) is 56.2 Å². The number of amidine groups is 1. The van der Waals surface area contributed by atoms with Crippen LogP contribution in [0, 0.1) is 0 Å². The molecule has 1 aliphatic heterocycles. The molecule has 2 heterocycles. The van der Waals surface area contributed by atoms with E-state index in [1.165, 1.54) is 11.8 Å². The number of halogens is 2. The maximum Gasteiger partial charge on any atom is 0.264 e. The van der Waals surface area contributed by atoms with Gasteiger partial charge in [0.05, 0.1) is 15.1 Å². The van der Waals surface area contributed by atoms with Crippen LogP contribution in [-0.2, 0) is 4.79 Å². The van der Waals surface area contributed by atoms with Crippen molar-refractivity contribution in [1.29, 1.82) is 0 Å². The van der Waals surface area contributed by atoms with Crippen molar-refractivity contribution in [2.75, 3.05) is 0 Å². The van der Waals surface area contributed by atoms with Gasteiger partial charge in [-0.05, 0) is 61.8 Å². The number of hydrogen-bond acceptors (Lipinski definition) is 4. The third kappa shape index (κ3) is 3.48. The molecule has 0 spiro atoms. The molecule has 106 valence electrons. The van der Waals surface area contributed by atoms with Crippen molar-refractivity contribution in [3.8, 4) is 0 Å². The second-order valence-corrected chi connectivity index (χ2v) is 6.69. The minimum absolute atomic E-state index is 0.182. The van der Waals surface area contributed by atoms with E-state index in [2.05, 4.69) is 42.2 Å². The lowest BCUT2D eigenvalue weighted by molar-refractivity contribution is -0.115. The molecule has 0 unspecified atom stereocenters. The number of furan rings is 1. The maximum absolute atomic E-state index is 11.9. The number of amides is 1. The molecule has 1 aliphatic rings. The highest BCUT2D eigenvalue weighted by Crippen LogP contribution is 2.32. The van der Waals surface area contributed by atoms with Crippen molar-refractivity contribution in [1.82, 2.24) is 5.32 Å². The monoisotopic (exact) mass is 426 g/mol. The smallest absolute Gasteiger partial charge is 0.264 e. The molecule has 3 rings (SSSR count). The van der Waals surface area contributed by atoms with Crippen molar-refractivity contribution < 1.29 is 9.21 Å². The lowest BCUT2D eigenvalue weighted by atomic mass is 10.3. The Balaban J connectivity index is 1.83. The number of thioether (sulfide) groups is 1. The molecule has 0 radical (unpaired) electrons. The standard InChI is InChI=1S/C14H8Br2N2O2S/c15-10-6-9(20-12(10)16)7-11-13(19)18-14(21-11)17-8-4-2-1-3-5-8/h1-7H,(H,17,18,19). The fraction of sp³-hybridized carbons (Fsp3) is 0. The largest absolute Gasteiger partial charge is 0.449 e. The summed E-state index contributed by atoms with van der Waals surface area (Å²) in [5, 5.41) is 3.29. The molecular formula is C14H8Br2N2O2S. The topological polar surface area (TPSA) is 54.6 Å². The Hall–Kier alpha value is -1.31. The quantitative estimate of drug-likeness (QED) is 0.707. The van der Waals surface area contributed by atoms with Crippen molar-refractivity contribution in [2.45, 2.75) is 0 Å². The van der Waals surface area contributed by atoms with E-state index in [4.69, 9.17) is 4.42 Å². The van der Waals surface area contributed by atoms with Gasteiger partial charge in [-0.15, -0.1) is 0 Å². The molecule has 1 saturated heterocycles. The van der Waals surface area contributed by atoms with Crippen LogP contribution in [0.4, 0.5) is 5.69 Å². The predicted octanol–water partition coefficient (Wildman–Crippen LogP) is 4.70. The van der Waals surface area contributed by atoms with Crippen LogP contribution < -0.4 is 5.32 Å². The van der Waals surface area contributed by atoms with E-state index in [0.717, 1.165) is 10.2 Å². The van der Waals surface area contributed by atoms with Crippen LogP contribution >= 0.6 is 43.6 Å². The molecule has 1 N–H and O–H groups in total. The highest BCUT2D eigenvalue weighted by molar-refractivity contribution is 9.13. The summed E-state index contributed by atoms with van der Waals surface area (Å²) in [6, 6.07) is 11.3. The normalized spacial score (nSPS) is 18.5. The fourth-order valence-corrected chi connectivity index (χ4v) is 3.09. The van der Waals surface area contributed by atoms with E-state index in [1.807, 2.05) is 30.3 Å². The van der Waals surface area contributed by atoms with Crippen molar-refractivity contribution in [3.63, 3.8) is 0 Å². The number of nitrogens with one attached hydrogen (secondary N) is 1. The Bertz CT molecular complexity index is 734. The molecule has 0 saturated carbocycles. The molecule has 1 aromatic carbocycles. The van der Waals surface area contributed by atoms with Gasteiger partial charge in [0.2, 0.25) is 0 Å². The van der Waals surface area contributed by atoms with Crippen LogP contribution in [0.2, 0.25) is 0 Å². The zero-order chi connectivity index (χ0) is 14.8. The van der Waals surface area contributed by atoms with Gasteiger partial charge in [0.15, 0.2) is 9.84 Å². The highest BCUT2D eigenvalue weighted by atomic mass is 79.9. The third-order valence-electron chi connectivity index (χ3n) is 2.58. The Labute approximate surface area is 142 Å². The fourth-order valence-electron chi connectivity index (χ4n) is 1.66. The summed E-state index contributed by atoms with van der Waals surface area (Å²) in [6.07, 6.45) is 1.68. The van der Waals surface area contributed by atoms with Crippen LogP contribution in [0.25, 0.3) is 6.08 Å². The van der Waals surface area contributed by atoms with Gasteiger partial charge in [-0.1, -0.05) is 18.2 Å². The first kappa shape index (κ1) is 14.6.